The van der Waals surface area contributed by atoms with Crippen molar-refractivity contribution in [3.63, 3.8) is 0 Å². The third-order valence-electron chi connectivity index (χ3n) is 2.82. The molecule has 0 aliphatic heterocycles. The highest BCUT2D eigenvalue weighted by Crippen LogP contribution is 2.27. The van der Waals surface area contributed by atoms with Gasteiger partial charge in [0.15, 0.2) is 0 Å². The van der Waals surface area contributed by atoms with E-state index < -0.39 is 4.92 Å². The molecule has 0 spiro atoms. The van der Waals surface area contributed by atoms with Crippen LogP contribution in [0.25, 0.3) is 0 Å². The quantitative estimate of drug-likeness (QED) is 0.619. The van der Waals surface area contributed by atoms with Gasteiger partial charge in [0.1, 0.15) is 0 Å². The zero-order valence-corrected chi connectivity index (χ0v) is 12.1. The van der Waals surface area contributed by atoms with Crippen LogP contribution in [-0.2, 0) is 4.79 Å². The molecule has 0 aliphatic carbocycles. The Kier molecular flexibility index (Phi) is 5.91. The summed E-state index contributed by atoms with van der Waals surface area (Å²) in [6.45, 7) is 2.44. The molecule has 104 valence electrons. The van der Waals surface area contributed by atoms with Crippen molar-refractivity contribution in [1.82, 2.24) is 0 Å². The lowest BCUT2D eigenvalue weighted by molar-refractivity contribution is -0.384. The second-order valence-electron chi connectivity index (χ2n) is 4.18. The summed E-state index contributed by atoms with van der Waals surface area (Å²) in [4.78, 5) is 21.9. The van der Waals surface area contributed by atoms with Gasteiger partial charge in [0.05, 0.1) is 10.6 Å². The number of nitro groups is 1. The van der Waals surface area contributed by atoms with Gasteiger partial charge in [-0.3, -0.25) is 14.9 Å². The number of nitrogens with zero attached hydrogens (tertiary/aromatic N) is 1. The molecule has 0 bridgehead atoms. The predicted molar refractivity (Wildman–Crippen MR) is 76.9 cm³/mol. The molecule has 19 heavy (non-hydrogen) atoms. The van der Waals surface area contributed by atoms with E-state index in [-0.39, 0.29) is 17.5 Å². The van der Waals surface area contributed by atoms with Gasteiger partial charge in [-0.15, -0.1) is 0 Å². The number of benzene rings is 1. The van der Waals surface area contributed by atoms with Gasteiger partial charge in [0, 0.05) is 23.0 Å². The highest BCUT2D eigenvalue weighted by molar-refractivity contribution is 9.10. The maximum Gasteiger partial charge on any atom is 0.270 e. The monoisotopic (exact) mass is 329 g/mol. The molecule has 1 amide bonds. The molecule has 7 heteroatoms. The Labute approximate surface area is 119 Å². The van der Waals surface area contributed by atoms with Crippen LogP contribution in [0, 0.1) is 16.0 Å². The first-order valence-corrected chi connectivity index (χ1v) is 6.71. The lowest BCUT2D eigenvalue weighted by atomic mass is 10.0. The number of halogens is 1. The van der Waals surface area contributed by atoms with Gasteiger partial charge in [-0.1, -0.05) is 13.3 Å². The van der Waals surface area contributed by atoms with Crippen LogP contribution in [0.3, 0.4) is 0 Å². The lowest BCUT2D eigenvalue weighted by Gasteiger charge is -2.12. The van der Waals surface area contributed by atoms with Crippen LogP contribution in [-0.4, -0.2) is 17.4 Å². The molecule has 0 aromatic heterocycles. The standard InChI is InChI=1S/C12H16BrN3O3/c1-2-8(7-14)5-12(17)15-11-4-3-9(16(18)19)6-10(11)13/h3-4,6,8H,2,5,7,14H2,1H3,(H,15,17). The van der Waals surface area contributed by atoms with Crippen molar-refractivity contribution in [3.8, 4) is 0 Å². The number of nitro benzene ring substituents is 1. The second-order valence-corrected chi connectivity index (χ2v) is 5.04. The second kappa shape index (κ2) is 7.20. The minimum atomic E-state index is -0.488. The van der Waals surface area contributed by atoms with Gasteiger partial charge in [-0.2, -0.15) is 0 Å². The fraction of sp³-hybridized carbons (Fsp3) is 0.417. The fourth-order valence-electron chi connectivity index (χ4n) is 1.58. The largest absolute Gasteiger partial charge is 0.330 e. The van der Waals surface area contributed by atoms with E-state index in [1.54, 1.807) is 0 Å². The van der Waals surface area contributed by atoms with Crippen molar-refractivity contribution >= 4 is 33.2 Å². The summed E-state index contributed by atoms with van der Waals surface area (Å²) >= 11 is 3.20. The van der Waals surface area contributed by atoms with Crippen LogP contribution in [0.4, 0.5) is 11.4 Å². The lowest BCUT2D eigenvalue weighted by Crippen LogP contribution is -2.21. The van der Waals surface area contributed by atoms with Gasteiger partial charge in [0.2, 0.25) is 5.91 Å². The molecule has 6 nitrogen and oxygen atoms in total. The zero-order valence-electron chi connectivity index (χ0n) is 10.6. The number of amides is 1. The Morgan fingerprint density at radius 1 is 1.58 bits per heavy atom. The number of hydrogen-bond acceptors (Lipinski definition) is 4. The van der Waals surface area contributed by atoms with Crippen LogP contribution < -0.4 is 11.1 Å². The van der Waals surface area contributed by atoms with Crippen molar-refractivity contribution in [2.45, 2.75) is 19.8 Å². The molecule has 0 saturated carbocycles. The number of hydrogen-bond donors (Lipinski definition) is 2. The SMILES string of the molecule is CCC(CN)CC(=O)Nc1ccc([N+](=O)[O-])cc1Br. The summed E-state index contributed by atoms with van der Waals surface area (Å²) in [5.74, 6) is 0.00340. The first-order chi connectivity index (χ1) is 8.97. The van der Waals surface area contributed by atoms with Crippen LogP contribution in [0.5, 0.6) is 0 Å². The van der Waals surface area contributed by atoms with E-state index in [4.69, 9.17) is 5.73 Å². The average Bonchev–Trinajstić information content (AvgIpc) is 2.38. The van der Waals surface area contributed by atoms with Crippen molar-refractivity contribution in [1.29, 1.82) is 0 Å². The Morgan fingerprint density at radius 3 is 2.74 bits per heavy atom. The minimum Gasteiger partial charge on any atom is -0.330 e. The van der Waals surface area contributed by atoms with Crippen molar-refractivity contribution < 1.29 is 9.72 Å². The molecule has 0 aliphatic rings. The number of non-ortho nitro benzene ring substituents is 1. The number of rotatable bonds is 6. The smallest absolute Gasteiger partial charge is 0.270 e. The van der Waals surface area contributed by atoms with E-state index in [0.29, 0.717) is 23.1 Å². The van der Waals surface area contributed by atoms with E-state index in [0.717, 1.165) is 6.42 Å². The average molecular weight is 330 g/mol. The van der Waals surface area contributed by atoms with Gasteiger partial charge in [-0.25, -0.2) is 0 Å². The van der Waals surface area contributed by atoms with Crippen molar-refractivity contribution in [2.75, 3.05) is 11.9 Å². The number of nitrogens with two attached hydrogens (primary N) is 1. The van der Waals surface area contributed by atoms with Gasteiger partial charge >= 0.3 is 0 Å². The summed E-state index contributed by atoms with van der Waals surface area (Å²) in [6.07, 6.45) is 1.18. The molecular formula is C12H16BrN3O3. The Morgan fingerprint density at radius 2 is 2.26 bits per heavy atom. The Hall–Kier alpha value is -1.47. The highest BCUT2D eigenvalue weighted by Gasteiger charge is 2.14. The normalized spacial score (nSPS) is 11.9. The van der Waals surface area contributed by atoms with E-state index in [2.05, 4.69) is 21.2 Å². The van der Waals surface area contributed by atoms with Gasteiger partial charge in [-0.05, 0) is 34.5 Å². The van der Waals surface area contributed by atoms with Crippen molar-refractivity contribution in [2.24, 2.45) is 11.7 Å². The molecule has 0 fully saturated rings. The van der Waals surface area contributed by atoms with Crippen molar-refractivity contribution in [3.05, 3.63) is 32.8 Å². The predicted octanol–water partition coefficient (Wildman–Crippen LogP) is 2.67. The Bertz CT molecular complexity index is 475. The highest BCUT2D eigenvalue weighted by atomic mass is 79.9. The van der Waals surface area contributed by atoms with E-state index >= 15 is 0 Å². The minimum absolute atomic E-state index is 0.0294. The third-order valence-corrected chi connectivity index (χ3v) is 3.48. The summed E-state index contributed by atoms with van der Waals surface area (Å²) < 4.78 is 0.482. The molecule has 0 radical (unpaired) electrons. The van der Waals surface area contributed by atoms with Gasteiger partial charge < -0.3 is 11.1 Å². The fourth-order valence-corrected chi connectivity index (χ4v) is 2.04. The number of nitrogens with one attached hydrogen (secondary N) is 1. The van der Waals surface area contributed by atoms with Crippen LogP contribution in [0.15, 0.2) is 22.7 Å². The van der Waals surface area contributed by atoms with E-state index in [1.807, 2.05) is 6.92 Å². The van der Waals surface area contributed by atoms with E-state index in [9.17, 15) is 14.9 Å². The maximum atomic E-state index is 11.8. The van der Waals surface area contributed by atoms with Crippen LogP contribution in [0.1, 0.15) is 19.8 Å². The topological polar surface area (TPSA) is 98.3 Å². The molecule has 1 atom stereocenters. The number of anilines is 1. The maximum absolute atomic E-state index is 11.8. The molecule has 1 rings (SSSR count). The molecule has 0 heterocycles. The van der Waals surface area contributed by atoms with Crippen LogP contribution >= 0.6 is 15.9 Å². The van der Waals surface area contributed by atoms with Gasteiger partial charge in [0.25, 0.3) is 5.69 Å². The first kappa shape index (κ1) is 15.6. The summed E-state index contributed by atoms with van der Waals surface area (Å²) in [6, 6.07) is 4.21. The van der Waals surface area contributed by atoms with Crippen LogP contribution in [0.2, 0.25) is 0 Å². The summed E-state index contributed by atoms with van der Waals surface area (Å²) in [7, 11) is 0. The molecule has 0 saturated heterocycles. The molecule has 1 aromatic rings. The Balaban J connectivity index is 2.72. The molecule has 1 unspecified atom stereocenters. The summed E-state index contributed by atoms with van der Waals surface area (Å²) in [5.41, 5.74) is 6.03. The number of carbonyl (C=O) groups is 1. The molecule has 1 aromatic carbocycles. The molecule has 3 N–H and O–H groups in total. The van der Waals surface area contributed by atoms with E-state index in [1.165, 1.54) is 18.2 Å². The summed E-state index contributed by atoms with van der Waals surface area (Å²) in [5, 5.41) is 13.3. The molecular weight excluding hydrogens is 314 g/mol. The zero-order chi connectivity index (χ0) is 14.4. The third kappa shape index (κ3) is 4.60. The number of carbonyl (C=O) groups excluding carboxylic acids is 1. The first-order valence-electron chi connectivity index (χ1n) is 5.91.